The van der Waals surface area contributed by atoms with Gasteiger partial charge in [-0.25, -0.2) is 0 Å². The van der Waals surface area contributed by atoms with E-state index in [4.69, 9.17) is 10.5 Å². The molecule has 0 aromatic carbocycles. The van der Waals surface area contributed by atoms with Crippen molar-refractivity contribution in [3.8, 4) is 0 Å². The molecule has 0 radical (unpaired) electrons. The minimum atomic E-state index is 0.437. The van der Waals surface area contributed by atoms with E-state index >= 15 is 0 Å². The lowest BCUT2D eigenvalue weighted by Gasteiger charge is -2.23. The van der Waals surface area contributed by atoms with Crippen molar-refractivity contribution in [2.45, 2.75) is 25.8 Å². The molecule has 2 atom stereocenters. The largest absolute Gasteiger partial charge is 0.381 e. The average Bonchev–Trinajstić information content (AvgIpc) is 2.16. The smallest absolute Gasteiger partial charge is 0.0506 e. The Bertz CT molecular complexity index is 113. The van der Waals surface area contributed by atoms with Gasteiger partial charge in [0.25, 0.3) is 0 Å². The summed E-state index contributed by atoms with van der Waals surface area (Å²) >= 11 is 0. The van der Waals surface area contributed by atoms with Crippen LogP contribution in [0.25, 0.3) is 0 Å². The van der Waals surface area contributed by atoms with Gasteiger partial charge in [0.15, 0.2) is 0 Å². The molecule has 1 heterocycles. The number of nitrogens with two attached hydrogens (primary N) is 1. The molecule has 72 valence electrons. The van der Waals surface area contributed by atoms with Crippen LogP contribution in [0.2, 0.25) is 0 Å². The number of nitrogens with one attached hydrogen (secondary N) is 1. The van der Waals surface area contributed by atoms with Crippen molar-refractivity contribution in [3.05, 3.63) is 0 Å². The highest BCUT2D eigenvalue weighted by Crippen LogP contribution is 2.12. The second kappa shape index (κ2) is 5.51. The van der Waals surface area contributed by atoms with Crippen LogP contribution in [-0.2, 0) is 4.74 Å². The summed E-state index contributed by atoms with van der Waals surface area (Å²) in [5.41, 5.74) is 5.49. The minimum Gasteiger partial charge on any atom is -0.381 e. The molecular formula is C9H20N2O. The Morgan fingerprint density at radius 2 is 2.50 bits per heavy atom. The maximum Gasteiger partial charge on any atom is 0.0506 e. The molecule has 1 aliphatic heterocycles. The second-order valence-corrected chi connectivity index (χ2v) is 3.63. The molecule has 3 nitrogen and oxygen atoms in total. The zero-order chi connectivity index (χ0) is 8.81. The fraction of sp³-hybridized carbons (Fsp3) is 1.00. The first-order valence-electron chi connectivity index (χ1n) is 4.84. The zero-order valence-electron chi connectivity index (χ0n) is 7.88. The first-order valence-corrected chi connectivity index (χ1v) is 4.84. The molecule has 3 N–H and O–H groups in total. The topological polar surface area (TPSA) is 47.3 Å². The molecule has 12 heavy (non-hydrogen) atoms. The lowest BCUT2D eigenvalue weighted by molar-refractivity contribution is 0.0541. The molecule has 0 spiro atoms. The van der Waals surface area contributed by atoms with Crippen LogP contribution in [0.3, 0.4) is 0 Å². The first-order chi connectivity index (χ1) is 5.83. The predicted octanol–water partition coefficient (Wildman–Crippen LogP) is 0.350. The van der Waals surface area contributed by atoms with Crippen LogP contribution in [0.1, 0.15) is 19.8 Å². The van der Waals surface area contributed by atoms with Gasteiger partial charge in [0.05, 0.1) is 6.61 Å². The summed E-state index contributed by atoms with van der Waals surface area (Å²) in [6, 6.07) is 0.437. The average molecular weight is 172 g/mol. The van der Waals surface area contributed by atoms with E-state index < -0.39 is 0 Å². The Kier molecular flexibility index (Phi) is 4.58. The molecule has 1 saturated heterocycles. The molecule has 0 aromatic heterocycles. The molecule has 0 amide bonds. The third-order valence-corrected chi connectivity index (χ3v) is 2.36. The van der Waals surface area contributed by atoms with Crippen LogP contribution in [0.4, 0.5) is 0 Å². The third-order valence-electron chi connectivity index (χ3n) is 2.36. The number of hydrogen-bond donors (Lipinski definition) is 2. The number of rotatable bonds is 4. The van der Waals surface area contributed by atoms with Crippen LogP contribution in [0.15, 0.2) is 0 Å². The Morgan fingerprint density at radius 3 is 3.08 bits per heavy atom. The summed E-state index contributed by atoms with van der Waals surface area (Å²) in [7, 11) is 0. The molecule has 1 rings (SSSR count). The van der Waals surface area contributed by atoms with Gasteiger partial charge >= 0.3 is 0 Å². The van der Waals surface area contributed by atoms with E-state index in [1.165, 1.54) is 12.8 Å². The van der Waals surface area contributed by atoms with Gasteiger partial charge in [-0.2, -0.15) is 0 Å². The van der Waals surface area contributed by atoms with Crippen LogP contribution >= 0.6 is 0 Å². The van der Waals surface area contributed by atoms with E-state index in [2.05, 4.69) is 12.2 Å². The van der Waals surface area contributed by atoms with E-state index in [1.54, 1.807) is 0 Å². The van der Waals surface area contributed by atoms with Gasteiger partial charge in [-0.05, 0) is 25.7 Å². The molecule has 1 fully saturated rings. The minimum absolute atomic E-state index is 0.437. The van der Waals surface area contributed by atoms with Crippen LogP contribution in [-0.4, -0.2) is 32.3 Å². The van der Waals surface area contributed by atoms with E-state index in [0.29, 0.717) is 18.5 Å². The normalized spacial score (nSPS) is 27.0. The highest BCUT2D eigenvalue weighted by Gasteiger charge is 2.13. The molecule has 0 aromatic rings. The molecule has 3 heteroatoms. The molecule has 1 unspecified atom stereocenters. The van der Waals surface area contributed by atoms with Crippen LogP contribution < -0.4 is 11.1 Å². The SMILES string of the molecule is C[C@@H](CN)NCC1CCCOC1. The molecule has 0 saturated carbocycles. The van der Waals surface area contributed by atoms with Crippen molar-refractivity contribution in [1.29, 1.82) is 0 Å². The highest BCUT2D eigenvalue weighted by molar-refractivity contribution is 4.69. The zero-order valence-corrected chi connectivity index (χ0v) is 7.88. The maximum atomic E-state index is 5.49. The Hall–Kier alpha value is -0.120. The predicted molar refractivity (Wildman–Crippen MR) is 50.1 cm³/mol. The summed E-state index contributed by atoms with van der Waals surface area (Å²) in [5, 5.41) is 3.40. The molecule has 0 aliphatic carbocycles. The number of hydrogen-bond acceptors (Lipinski definition) is 3. The van der Waals surface area contributed by atoms with E-state index in [1.807, 2.05) is 0 Å². The summed E-state index contributed by atoms with van der Waals surface area (Å²) in [5.74, 6) is 0.702. The summed E-state index contributed by atoms with van der Waals surface area (Å²) < 4.78 is 5.38. The summed E-state index contributed by atoms with van der Waals surface area (Å²) in [4.78, 5) is 0. The summed E-state index contributed by atoms with van der Waals surface area (Å²) in [6.45, 7) is 5.75. The lowest BCUT2D eigenvalue weighted by Crippen LogP contribution is -2.38. The van der Waals surface area contributed by atoms with Crippen molar-refractivity contribution in [3.63, 3.8) is 0 Å². The van der Waals surface area contributed by atoms with Gasteiger partial charge in [-0.1, -0.05) is 0 Å². The van der Waals surface area contributed by atoms with Crippen molar-refractivity contribution in [2.75, 3.05) is 26.3 Å². The highest BCUT2D eigenvalue weighted by atomic mass is 16.5. The van der Waals surface area contributed by atoms with Crippen LogP contribution in [0.5, 0.6) is 0 Å². The van der Waals surface area contributed by atoms with Crippen LogP contribution in [0, 0.1) is 5.92 Å². The fourth-order valence-electron chi connectivity index (χ4n) is 1.42. The molecule has 1 aliphatic rings. The first kappa shape index (κ1) is 9.96. The van der Waals surface area contributed by atoms with Crippen molar-refractivity contribution in [2.24, 2.45) is 11.7 Å². The Labute approximate surface area is 74.7 Å². The molecule has 0 bridgehead atoms. The van der Waals surface area contributed by atoms with E-state index in [9.17, 15) is 0 Å². The lowest BCUT2D eigenvalue weighted by atomic mass is 10.0. The quantitative estimate of drug-likeness (QED) is 0.643. The van der Waals surface area contributed by atoms with Gasteiger partial charge in [0.2, 0.25) is 0 Å². The van der Waals surface area contributed by atoms with Gasteiger partial charge in [0.1, 0.15) is 0 Å². The Balaban J connectivity index is 2.05. The van der Waals surface area contributed by atoms with Crippen molar-refractivity contribution >= 4 is 0 Å². The van der Waals surface area contributed by atoms with Gasteiger partial charge in [0, 0.05) is 25.7 Å². The maximum absolute atomic E-state index is 5.49. The monoisotopic (exact) mass is 172 g/mol. The standard InChI is InChI=1S/C9H20N2O/c1-8(5-10)11-6-9-3-2-4-12-7-9/h8-9,11H,2-7,10H2,1H3/t8-,9?/m0/s1. The van der Waals surface area contributed by atoms with Crippen molar-refractivity contribution < 1.29 is 4.74 Å². The van der Waals surface area contributed by atoms with Crippen molar-refractivity contribution in [1.82, 2.24) is 5.32 Å². The van der Waals surface area contributed by atoms with Gasteiger partial charge < -0.3 is 15.8 Å². The fourth-order valence-corrected chi connectivity index (χ4v) is 1.42. The van der Waals surface area contributed by atoms with Gasteiger partial charge in [-0.15, -0.1) is 0 Å². The summed E-state index contributed by atoms with van der Waals surface area (Å²) in [6.07, 6.45) is 2.51. The van der Waals surface area contributed by atoms with Gasteiger partial charge in [-0.3, -0.25) is 0 Å². The second-order valence-electron chi connectivity index (χ2n) is 3.63. The molecular weight excluding hydrogens is 152 g/mol. The number of ether oxygens (including phenoxy) is 1. The van der Waals surface area contributed by atoms with E-state index in [0.717, 1.165) is 19.8 Å². The Morgan fingerprint density at radius 1 is 1.67 bits per heavy atom. The third kappa shape index (κ3) is 3.52. The van der Waals surface area contributed by atoms with E-state index in [-0.39, 0.29) is 0 Å².